The van der Waals surface area contributed by atoms with Crippen molar-refractivity contribution in [2.45, 2.75) is 32.5 Å². The van der Waals surface area contributed by atoms with E-state index in [1.54, 1.807) is 0 Å². The molecule has 0 spiro atoms. The first-order chi connectivity index (χ1) is 9.59. The van der Waals surface area contributed by atoms with Gasteiger partial charge in [-0.25, -0.2) is 0 Å². The maximum absolute atomic E-state index is 5.86. The average Bonchev–Trinajstić information content (AvgIpc) is 2.76. The standard InChI is InChI=1S/C16H22N2O2/c1-16(2)11-18(7-8-19-16)10-13-12-5-3-4-6-14(12)20-15(13)9-17/h3-6H,7-11,17H2,1-2H3. The van der Waals surface area contributed by atoms with Crippen molar-refractivity contribution < 1.29 is 9.15 Å². The number of para-hydroxylation sites is 1. The van der Waals surface area contributed by atoms with Gasteiger partial charge in [-0.05, 0) is 19.9 Å². The first-order valence-corrected chi connectivity index (χ1v) is 7.15. The van der Waals surface area contributed by atoms with Crippen molar-refractivity contribution in [3.05, 3.63) is 35.6 Å². The van der Waals surface area contributed by atoms with Crippen molar-refractivity contribution in [3.8, 4) is 0 Å². The highest BCUT2D eigenvalue weighted by Crippen LogP contribution is 2.28. The Bertz CT molecular complexity index is 604. The highest BCUT2D eigenvalue weighted by molar-refractivity contribution is 5.82. The molecule has 1 aliphatic rings. The number of benzene rings is 1. The third-order valence-corrected chi connectivity index (χ3v) is 3.85. The van der Waals surface area contributed by atoms with Gasteiger partial charge in [0.1, 0.15) is 11.3 Å². The first kappa shape index (κ1) is 13.6. The van der Waals surface area contributed by atoms with Gasteiger partial charge in [0.2, 0.25) is 0 Å². The molecule has 0 amide bonds. The Hall–Kier alpha value is -1.36. The summed E-state index contributed by atoms with van der Waals surface area (Å²) in [4.78, 5) is 2.42. The molecule has 0 saturated carbocycles. The minimum Gasteiger partial charge on any atom is -0.459 e. The van der Waals surface area contributed by atoms with Crippen molar-refractivity contribution in [2.75, 3.05) is 19.7 Å². The quantitative estimate of drug-likeness (QED) is 0.934. The van der Waals surface area contributed by atoms with Crippen molar-refractivity contribution >= 4 is 11.0 Å². The van der Waals surface area contributed by atoms with Gasteiger partial charge in [0.25, 0.3) is 0 Å². The molecule has 108 valence electrons. The zero-order chi connectivity index (χ0) is 14.2. The Morgan fingerprint density at radius 2 is 2.10 bits per heavy atom. The summed E-state index contributed by atoms with van der Waals surface area (Å²) in [5, 5.41) is 1.18. The van der Waals surface area contributed by atoms with Crippen LogP contribution in [0.15, 0.2) is 28.7 Å². The van der Waals surface area contributed by atoms with Crippen molar-refractivity contribution in [1.29, 1.82) is 0 Å². The molecule has 0 bridgehead atoms. The summed E-state index contributed by atoms with van der Waals surface area (Å²) in [5.74, 6) is 0.899. The predicted molar refractivity (Wildman–Crippen MR) is 79.4 cm³/mol. The van der Waals surface area contributed by atoms with Crippen molar-refractivity contribution in [1.82, 2.24) is 4.90 Å². The predicted octanol–water partition coefficient (Wildman–Crippen LogP) is 2.50. The largest absolute Gasteiger partial charge is 0.459 e. The van der Waals surface area contributed by atoms with E-state index in [2.05, 4.69) is 24.8 Å². The van der Waals surface area contributed by atoms with E-state index >= 15 is 0 Å². The molecule has 1 aromatic carbocycles. The molecule has 1 fully saturated rings. The lowest BCUT2D eigenvalue weighted by Crippen LogP contribution is -2.47. The van der Waals surface area contributed by atoms with Crippen LogP contribution in [0.5, 0.6) is 0 Å². The number of rotatable bonds is 3. The lowest BCUT2D eigenvalue weighted by Gasteiger charge is -2.38. The molecule has 1 aliphatic heterocycles. The van der Waals surface area contributed by atoms with Crippen LogP contribution in [0.1, 0.15) is 25.2 Å². The normalized spacial score (nSPS) is 19.6. The maximum Gasteiger partial charge on any atom is 0.134 e. The summed E-state index contributed by atoms with van der Waals surface area (Å²) in [6.45, 7) is 8.24. The van der Waals surface area contributed by atoms with Crippen LogP contribution in [0.3, 0.4) is 0 Å². The first-order valence-electron chi connectivity index (χ1n) is 7.15. The minimum atomic E-state index is -0.0827. The van der Waals surface area contributed by atoms with Crippen molar-refractivity contribution in [2.24, 2.45) is 5.73 Å². The summed E-state index contributed by atoms with van der Waals surface area (Å²) in [7, 11) is 0. The second kappa shape index (κ2) is 5.20. The number of nitrogens with two attached hydrogens (primary N) is 1. The average molecular weight is 274 g/mol. The molecule has 0 atom stereocenters. The Labute approximate surface area is 119 Å². The third kappa shape index (κ3) is 2.59. The summed E-state index contributed by atoms with van der Waals surface area (Å²) in [5.41, 5.74) is 7.90. The van der Waals surface area contributed by atoms with Crippen LogP contribution in [-0.2, 0) is 17.8 Å². The topological polar surface area (TPSA) is 51.6 Å². The second-order valence-electron chi connectivity index (χ2n) is 6.02. The molecular formula is C16H22N2O2. The van der Waals surface area contributed by atoms with Gasteiger partial charge in [0.05, 0.1) is 18.8 Å². The Balaban J connectivity index is 1.90. The molecule has 1 aromatic heterocycles. The Morgan fingerprint density at radius 3 is 2.85 bits per heavy atom. The van der Waals surface area contributed by atoms with Crippen LogP contribution in [0.25, 0.3) is 11.0 Å². The van der Waals surface area contributed by atoms with E-state index < -0.39 is 0 Å². The van der Waals surface area contributed by atoms with Crippen LogP contribution in [0.4, 0.5) is 0 Å². The van der Waals surface area contributed by atoms with Crippen molar-refractivity contribution in [3.63, 3.8) is 0 Å². The Kier molecular flexibility index (Phi) is 3.54. The summed E-state index contributed by atoms with van der Waals surface area (Å²) in [6, 6.07) is 8.15. The lowest BCUT2D eigenvalue weighted by molar-refractivity contribution is -0.0882. The zero-order valence-electron chi connectivity index (χ0n) is 12.2. The fourth-order valence-corrected chi connectivity index (χ4v) is 2.96. The molecule has 0 unspecified atom stereocenters. The molecule has 2 N–H and O–H groups in total. The van der Waals surface area contributed by atoms with E-state index in [1.807, 2.05) is 18.2 Å². The monoisotopic (exact) mass is 274 g/mol. The summed E-state index contributed by atoms with van der Waals surface area (Å²) < 4.78 is 11.6. The van der Waals surface area contributed by atoms with Gasteiger partial charge in [-0.3, -0.25) is 4.90 Å². The molecule has 3 rings (SSSR count). The molecular weight excluding hydrogens is 252 g/mol. The van der Waals surface area contributed by atoms with Crippen LogP contribution in [0, 0.1) is 0 Å². The molecule has 4 heteroatoms. The fraction of sp³-hybridized carbons (Fsp3) is 0.500. The number of nitrogens with zero attached hydrogens (tertiary/aromatic N) is 1. The molecule has 2 aromatic rings. The number of fused-ring (bicyclic) bond motifs is 1. The third-order valence-electron chi connectivity index (χ3n) is 3.85. The molecule has 0 radical (unpaired) electrons. The number of hydrogen-bond acceptors (Lipinski definition) is 4. The van der Waals surface area contributed by atoms with E-state index in [0.717, 1.165) is 37.6 Å². The van der Waals surface area contributed by atoms with E-state index in [0.29, 0.717) is 6.54 Å². The van der Waals surface area contributed by atoms with E-state index in [9.17, 15) is 0 Å². The highest BCUT2D eigenvalue weighted by Gasteiger charge is 2.28. The van der Waals surface area contributed by atoms with E-state index in [1.165, 1.54) is 10.9 Å². The van der Waals surface area contributed by atoms with Gasteiger partial charge in [0.15, 0.2) is 0 Å². The Morgan fingerprint density at radius 1 is 1.30 bits per heavy atom. The lowest BCUT2D eigenvalue weighted by atomic mass is 10.1. The highest BCUT2D eigenvalue weighted by atomic mass is 16.5. The number of ether oxygens (including phenoxy) is 1. The van der Waals surface area contributed by atoms with Gasteiger partial charge in [-0.15, -0.1) is 0 Å². The van der Waals surface area contributed by atoms with E-state index in [4.69, 9.17) is 14.9 Å². The van der Waals surface area contributed by atoms with Crippen LogP contribution < -0.4 is 5.73 Å². The van der Waals surface area contributed by atoms with Gasteiger partial charge in [-0.2, -0.15) is 0 Å². The number of morpholine rings is 1. The molecule has 4 nitrogen and oxygen atoms in total. The van der Waals surface area contributed by atoms with Crippen LogP contribution >= 0.6 is 0 Å². The molecule has 2 heterocycles. The zero-order valence-corrected chi connectivity index (χ0v) is 12.2. The second-order valence-corrected chi connectivity index (χ2v) is 6.02. The summed E-state index contributed by atoms with van der Waals surface area (Å²) >= 11 is 0. The van der Waals surface area contributed by atoms with Gasteiger partial charge in [-0.1, -0.05) is 18.2 Å². The maximum atomic E-state index is 5.86. The van der Waals surface area contributed by atoms with Gasteiger partial charge in [0, 0.05) is 30.6 Å². The van der Waals surface area contributed by atoms with Gasteiger partial charge >= 0.3 is 0 Å². The van der Waals surface area contributed by atoms with Crippen LogP contribution in [-0.4, -0.2) is 30.2 Å². The van der Waals surface area contributed by atoms with Crippen LogP contribution in [0.2, 0.25) is 0 Å². The SMILES string of the molecule is CC1(C)CN(Cc2c(CN)oc3ccccc23)CCO1. The van der Waals surface area contributed by atoms with E-state index in [-0.39, 0.29) is 5.60 Å². The number of hydrogen-bond donors (Lipinski definition) is 1. The minimum absolute atomic E-state index is 0.0827. The fourth-order valence-electron chi connectivity index (χ4n) is 2.96. The number of furan rings is 1. The molecule has 1 saturated heterocycles. The smallest absolute Gasteiger partial charge is 0.134 e. The van der Waals surface area contributed by atoms with Gasteiger partial charge < -0.3 is 14.9 Å². The molecule has 0 aliphatic carbocycles. The molecule has 20 heavy (non-hydrogen) atoms. The summed E-state index contributed by atoms with van der Waals surface area (Å²) in [6.07, 6.45) is 0.